The molecule has 3 aromatic rings. The molecule has 0 bridgehead atoms. The number of nitrogens with one attached hydrogen (secondary N) is 1. The van der Waals surface area contributed by atoms with Crippen molar-refractivity contribution in [3.8, 4) is 5.75 Å². The number of fused-ring (bicyclic) bond motifs is 1. The lowest BCUT2D eigenvalue weighted by Crippen LogP contribution is -2.40. The van der Waals surface area contributed by atoms with Gasteiger partial charge in [-0.2, -0.15) is 5.10 Å². The molecule has 176 valence electrons. The van der Waals surface area contributed by atoms with Crippen LogP contribution in [0.25, 0.3) is 11.0 Å². The summed E-state index contributed by atoms with van der Waals surface area (Å²) in [6.07, 6.45) is 7.75. The Morgan fingerprint density at radius 3 is 2.55 bits per heavy atom. The van der Waals surface area contributed by atoms with Crippen LogP contribution >= 0.6 is 0 Å². The molecule has 1 N–H and O–H groups in total. The second-order valence-corrected chi connectivity index (χ2v) is 10.1. The zero-order chi connectivity index (χ0) is 22.8. The topological polar surface area (TPSA) is 111 Å². The van der Waals surface area contributed by atoms with E-state index in [4.69, 9.17) is 9.47 Å². The van der Waals surface area contributed by atoms with Crippen LogP contribution in [0.1, 0.15) is 25.7 Å². The maximum atomic E-state index is 12.7. The Bertz CT molecular complexity index is 1220. The molecule has 1 saturated carbocycles. The number of aryl methyl sites for hydroxylation is 1. The molecule has 2 fully saturated rings. The van der Waals surface area contributed by atoms with Gasteiger partial charge in [0.2, 0.25) is 0 Å². The third-order valence-corrected chi connectivity index (χ3v) is 7.84. The highest BCUT2D eigenvalue weighted by atomic mass is 32.2. The van der Waals surface area contributed by atoms with Gasteiger partial charge in [-0.1, -0.05) is 0 Å². The van der Waals surface area contributed by atoms with Crippen LogP contribution in [0, 0.1) is 0 Å². The van der Waals surface area contributed by atoms with E-state index in [1.807, 2.05) is 12.1 Å². The average Bonchev–Trinajstić information content (AvgIpc) is 3.28. The number of aromatic nitrogens is 4. The second-order valence-electron chi connectivity index (χ2n) is 8.47. The largest absolute Gasteiger partial charge is 0.488 e. The highest BCUT2D eigenvalue weighted by Crippen LogP contribution is 2.33. The zero-order valence-electron chi connectivity index (χ0n) is 18.6. The number of hydrogen-bond acceptors (Lipinski definition) is 8. The summed E-state index contributed by atoms with van der Waals surface area (Å²) in [6, 6.07) is 5.47. The Morgan fingerprint density at radius 2 is 1.82 bits per heavy atom. The number of hydrogen-bond donors (Lipinski definition) is 1. The summed E-state index contributed by atoms with van der Waals surface area (Å²) in [5, 5.41) is 4.13. The number of sulfonamides is 1. The molecule has 1 saturated heterocycles. The fourth-order valence-electron chi connectivity index (χ4n) is 4.51. The van der Waals surface area contributed by atoms with E-state index in [9.17, 15) is 8.42 Å². The minimum atomic E-state index is -3.59. The molecule has 0 spiro atoms. The minimum Gasteiger partial charge on any atom is -0.488 e. The van der Waals surface area contributed by atoms with Gasteiger partial charge in [-0.15, -0.1) is 0 Å². The van der Waals surface area contributed by atoms with Crippen LogP contribution in [0.2, 0.25) is 0 Å². The predicted molar refractivity (Wildman–Crippen MR) is 123 cm³/mol. The molecule has 0 radical (unpaired) electrons. The van der Waals surface area contributed by atoms with Crippen molar-refractivity contribution in [1.82, 2.24) is 24.5 Å². The molecule has 1 aliphatic heterocycles. The Kier molecular flexibility index (Phi) is 6.17. The highest BCUT2D eigenvalue weighted by Gasteiger charge is 2.28. The number of nitrogens with zero attached hydrogens (tertiary/aromatic N) is 5. The minimum absolute atomic E-state index is 0.00685. The van der Waals surface area contributed by atoms with Crippen LogP contribution in [0.5, 0.6) is 5.75 Å². The first-order chi connectivity index (χ1) is 16.0. The van der Waals surface area contributed by atoms with E-state index in [1.165, 1.54) is 16.9 Å². The van der Waals surface area contributed by atoms with Crippen molar-refractivity contribution in [2.24, 2.45) is 7.05 Å². The summed E-state index contributed by atoms with van der Waals surface area (Å²) in [7, 11) is -1.97. The fraction of sp³-hybridized carbons (Fsp3) is 0.500. The molecule has 3 heterocycles. The third-order valence-electron chi connectivity index (χ3n) is 6.24. The van der Waals surface area contributed by atoms with Gasteiger partial charge in [0.25, 0.3) is 10.0 Å². The van der Waals surface area contributed by atoms with E-state index in [1.54, 1.807) is 19.4 Å². The monoisotopic (exact) mass is 472 g/mol. The molecular weight excluding hydrogens is 444 g/mol. The second kappa shape index (κ2) is 9.24. The number of morpholine rings is 1. The van der Waals surface area contributed by atoms with Gasteiger partial charge in [0.05, 0.1) is 31.0 Å². The number of anilines is 1. The van der Waals surface area contributed by atoms with Gasteiger partial charge in [-0.25, -0.2) is 18.1 Å². The molecule has 1 aliphatic carbocycles. The summed E-state index contributed by atoms with van der Waals surface area (Å²) in [5.74, 6) is 0.723. The molecule has 2 aliphatic rings. The summed E-state index contributed by atoms with van der Waals surface area (Å²) in [5.41, 5.74) is 2.60. The van der Waals surface area contributed by atoms with E-state index in [-0.39, 0.29) is 17.2 Å². The standard InChI is InChI=1S/C22H28N6O4S/c1-27-21(6-7-25-27)33(29,30)26-16-2-4-18(5-3-16)32-20-15-17(28-10-12-31-13-11-28)14-19-22(20)24-9-8-23-19/h6-9,14-16,18,26H,2-5,10-13H2,1H3. The van der Waals surface area contributed by atoms with Gasteiger partial charge >= 0.3 is 0 Å². The lowest BCUT2D eigenvalue weighted by Gasteiger charge is -2.31. The molecule has 33 heavy (non-hydrogen) atoms. The van der Waals surface area contributed by atoms with Gasteiger partial charge in [0.1, 0.15) is 11.3 Å². The van der Waals surface area contributed by atoms with Crippen molar-refractivity contribution in [1.29, 1.82) is 0 Å². The highest BCUT2D eigenvalue weighted by molar-refractivity contribution is 7.89. The van der Waals surface area contributed by atoms with Gasteiger partial charge in [-0.05, 0) is 37.8 Å². The SMILES string of the molecule is Cn1nccc1S(=O)(=O)NC1CCC(Oc2cc(N3CCOCC3)cc3nccnc23)CC1. The molecule has 11 heteroatoms. The Morgan fingerprint density at radius 1 is 1.06 bits per heavy atom. The van der Waals surface area contributed by atoms with Crippen LogP contribution in [-0.4, -0.2) is 66.6 Å². The van der Waals surface area contributed by atoms with Crippen LogP contribution in [0.15, 0.2) is 41.8 Å². The van der Waals surface area contributed by atoms with Crippen molar-refractivity contribution < 1.29 is 17.9 Å². The van der Waals surface area contributed by atoms with Crippen LogP contribution in [0.3, 0.4) is 0 Å². The molecule has 0 atom stereocenters. The molecule has 0 unspecified atom stereocenters. The van der Waals surface area contributed by atoms with Gasteiger partial charge in [0, 0.05) is 50.3 Å². The van der Waals surface area contributed by atoms with Gasteiger partial charge in [0.15, 0.2) is 5.03 Å². The van der Waals surface area contributed by atoms with Crippen molar-refractivity contribution >= 4 is 26.7 Å². The van der Waals surface area contributed by atoms with E-state index in [0.717, 1.165) is 48.4 Å². The number of benzene rings is 1. The summed E-state index contributed by atoms with van der Waals surface area (Å²) in [4.78, 5) is 11.3. The third kappa shape index (κ3) is 4.80. The van der Waals surface area contributed by atoms with E-state index < -0.39 is 10.0 Å². The Labute approximate surface area is 193 Å². The van der Waals surface area contributed by atoms with Gasteiger partial charge < -0.3 is 14.4 Å². The van der Waals surface area contributed by atoms with Crippen molar-refractivity contribution in [3.05, 3.63) is 36.8 Å². The first-order valence-electron chi connectivity index (χ1n) is 11.2. The number of ether oxygens (including phenoxy) is 2. The van der Waals surface area contributed by atoms with E-state index in [2.05, 4.69) is 24.7 Å². The van der Waals surface area contributed by atoms with Crippen LogP contribution < -0.4 is 14.4 Å². The Balaban J connectivity index is 1.27. The summed E-state index contributed by atoms with van der Waals surface area (Å²) >= 11 is 0. The molecule has 2 aromatic heterocycles. The average molecular weight is 473 g/mol. The van der Waals surface area contributed by atoms with Crippen molar-refractivity contribution in [2.75, 3.05) is 31.2 Å². The number of rotatable bonds is 6. The lowest BCUT2D eigenvalue weighted by atomic mass is 9.93. The van der Waals surface area contributed by atoms with Crippen LogP contribution in [0.4, 0.5) is 5.69 Å². The summed E-state index contributed by atoms with van der Waals surface area (Å²) < 4.78 is 41.4. The zero-order valence-corrected chi connectivity index (χ0v) is 19.4. The predicted octanol–water partition coefficient (Wildman–Crippen LogP) is 1.87. The molecular formula is C22H28N6O4S. The quantitative estimate of drug-likeness (QED) is 0.579. The molecule has 5 rings (SSSR count). The Hall–Kier alpha value is -2.76. The van der Waals surface area contributed by atoms with Crippen LogP contribution in [-0.2, 0) is 21.8 Å². The summed E-state index contributed by atoms with van der Waals surface area (Å²) in [6.45, 7) is 3.06. The maximum Gasteiger partial charge on any atom is 0.257 e. The van der Waals surface area contributed by atoms with Crippen molar-refractivity contribution in [2.45, 2.75) is 42.9 Å². The first kappa shape index (κ1) is 22.1. The normalized spacial score (nSPS) is 21.9. The van der Waals surface area contributed by atoms with E-state index in [0.29, 0.717) is 26.1 Å². The fourth-order valence-corrected chi connectivity index (χ4v) is 5.94. The molecule has 0 amide bonds. The van der Waals surface area contributed by atoms with E-state index >= 15 is 0 Å². The van der Waals surface area contributed by atoms with Crippen molar-refractivity contribution in [3.63, 3.8) is 0 Å². The first-order valence-corrected chi connectivity index (χ1v) is 12.7. The smallest absolute Gasteiger partial charge is 0.257 e. The van der Waals surface area contributed by atoms with Gasteiger partial charge in [-0.3, -0.25) is 9.67 Å². The molecule has 10 nitrogen and oxygen atoms in total. The lowest BCUT2D eigenvalue weighted by molar-refractivity contribution is 0.122. The molecule has 1 aromatic carbocycles. The maximum absolute atomic E-state index is 12.7.